The Hall–Kier alpha value is -2.76. The largest absolute Gasteiger partial charge is 0.439 e. The Kier molecular flexibility index (Phi) is 5.02. The Balaban J connectivity index is 1.81. The van der Waals surface area contributed by atoms with Crippen LogP contribution >= 0.6 is 0 Å². The zero-order chi connectivity index (χ0) is 18.7. The van der Waals surface area contributed by atoms with Gasteiger partial charge in [-0.05, 0) is 41.8 Å². The molecule has 26 heavy (non-hydrogen) atoms. The van der Waals surface area contributed by atoms with E-state index in [0.29, 0.717) is 18.8 Å². The number of benzene rings is 1. The third-order valence-electron chi connectivity index (χ3n) is 4.44. The van der Waals surface area contributed by atoms with E-state index in [0.717, 1.165) is 17.5 Å². The average molecular weight is 358 g/mol. The number of amides is 1. The lowest BCUT2D eigenvalue weighted by Gasteiger charge is -2.28. The summed E-state index contributed by atoms with van der Waals surface area (Å²) in [7, 11) is 0. The lowest BCUT2D eigenvalue weighted by atomic mass is 9.99. The fourth-order valence-electron chi connectivity index (χ4n) is 2.89. The van der Waals surface area contributed by atoms with Crippen LogP contribution < -0.4 is 4.74 Å². The number of nitrogens with zero attached hydrogens (tertiary/aromatic N) is 2. The molecule has 0 saturated heterocycles. The van der Waals surface area contributed by atoms with E-state index in [1.807, 2.05) is 12.1 Å². The van der Waals surface area contributed by atoms with Gasteiger partial charge in [-0.1, -0.05) is 25.6 Å². The molecule has 0 saturated carbocycles. The zero-order valence-electron chi connectivity index (χ0n) is 14.5. The highest BCUT2D eigenvalue weighted by Crippen LogP contribution is 2.32. The number of rotatable bonds is 5. The Morgan fingerprint density at radius 3 is 2.88 bits per heavy atom. The standard InChI is InChI=1S/C20H20F2N2O2/c1-3-19(25)24-11-10-14-8-9-16(12-15(14)13-24)26-18-7-5-6-17(23-18)20(21,22)4-2/h3,5-9,12H,1,4,10-11,13H2,2H3. The second-order valence-corrected chi connectivity index (χ2v) is 6.17. The van der Waals surface area contributed by atoms with Gasteiger partial charge >= 0.3 is 0 Å². The van der Waals surface area contributed by atoms with Crippen LogP contribution in [0, 0.1) is 0 Å². The van der Waals surface area contributed by atoms with Crippen LogP contribution in [0.4, 0.5) is 8.78 Å². The van der Waals surface area contributed by atoms with Gasteiger partial charge in [0.25, 0.3) is 5.92 Å². The van der Waals surface area contributed by atoms with Crippen molar-refractivity contribution in [2.75, 3.05) is 6.54 Å². The van der Waals surface area contributed by atoms with E-state index in [1.54, 1.807) is 17.0 Å². The fraction of sp³-hybridized carbons (Fsp3) is 0.300. The van der Waals surface area contributed by atoms with E-state index < -0.39 is 5.92 Å². The molecule has 1 aromatic heterocycles. The van der Waals surface area contributed by atoms with Crippen molar-refractivity contribution in [3.8, 4) is 11.6 Å². The van der Waals surface area contributed by atoms with E-state index in [1.165, 1.54) is 25.1 Å². The van der Waals surface area contributed by atoms with Crippen LogP contribution in [0.15, 0.2) is 49.1 Å². The SMILES string of the molecule is C=CC(=O)N1CCc2ccc(Oc3cccc(C(F)(F)CC)n3)cc2C1. The number of halogens is 2. The number of hydrogen-bond donors (Lipinski definition) is 0. The number of hydrogen-bond acceptors (Lipinski definition) is 3. The van der Waals surface area contributed by atoms with Gasteiger partial charge in [0.05, 0.1) is 0 Å². The van der Waals surface area contributed by atoms with Crippen molar-refractivity contribution in [2.24, 2.45) is 0 Å². The molecule has 3 rings (SSSR count). The quantitative estimate of drug-likeness (QED) is 0.742. The van der Waals surface area contributed by atoms with Gasteiger partial charge in [-0.2, -0.15) is 8.78 Å². The summed E-state index contributed by atoms with van der Waals surface area (Å²) in [5, 5.41) is 0. The smallest absolute Gasteiger partial charge is 0.289 e. The molecule has 0 bridgehead atoms. The Morgan fingerprint density at radius 2 is 2.15 bits per heavy atom. The number of alkyl halides is 2. The first kappa shape index (κ1) is 18.0. The minimum absolute atomic E-state index is 0.113. The molecule has 0 atom stereocenters. The molecule has 4 nitrogen and oxygen atoms in total. The molecule has 2 heterocycles. The van der Waals surface area contributed by atoms with E-state index in [4.69, 9.17) is 4.74 Å². The van der Waals surface area contributed by atoms with Crippen LogP contribution in [0.2, 0.25) is 0 Å². The summed E-state index contributed by atoms with van der Waals surface area (Å²) in [6, 6.07) is 9.89. The first-order valence-corrected chi connectivity index (χ1v) is 8.49. The second kappa shape index (κ2) is 7.23. The van der Waals surface area contributed by atoms with Crippen LogP contribution in [0.5, 0.6) is 11.6 Å². The van der Waals surface area contributed by atoms with Crippen LogP contribution in [0.1, 0.15) is 30.2 Å². The summed E-state index contributed by atoms with van der Waals surface area (Å²) < 4.78 is 33.3. The Labute approximate surface area is 151 Å². The highest BCUT2D eigenvalue weighted by atomic mass is 19.3. The van der Waals surface area contributed by atoms with Crippen molar-refractivity contribution in [3.63, 3.8) is 0 Å². The minimum Gasteiger partial charge on any atom is -0.439 e. The Morgan fingerprint density at radius 1 is 1.35 bits per heavy atom. The molecule has 1 aromatic carbocycles. The maximum atomic E-state index is 13.8. The van der Waals surface area contributed by atoms with Gasteiger partial charge in [0.1, 0.15) is 11.4 Å². The summed E-state index contributed by atoms with van der Waals surface area (Å²) >= 11 is 0. The molecule has 1 aliphatic rings. The van der Waals surface area contributed by atoms with Gasteiger partial charge in [-0.15, -0.1) is 0 Å². The first-order chi connectivity index (χ1) is 12.4. The first-order valence-electron chi connectivity index (χ1n) is 8.49. The number of carbonyl (C=O) groups is 1. The summed E-state index contributed by atoms with van der Waals surface area (Å²) in [4.78, 5) is 17.4. The minimum atomic E-state index is -2.99. The highest BCUT2D eigenvalue weighted by Gasteiger charge is 2.31. The summed E-state index contributed by atoms with van der Waals surface area (Å²) in [6.07, 6.45) is 1.73. The van der Waals surface area contributed by atoms with Crippen LogP contribution in [0.25, 0.3) is 0 Å². The normalized spacial score (nSPS) is 13.9. The lowest BCUT2D eigenvalue weighted by molar-refractivity contribution is -0.126. The van der Waals surface area contributed by atoms with E-state index in [2.05, 4.69) is 11.6 Å². The number of ether oxygens (including phenoxy) is 1. The topological polar surface area (TPSA) is 42.4 Å². The van der Waals surface area contributed by atoms with Crippen molar-refractivity contribution in [2.45, 2.75) is 32.2 Å². The number of pyridine rings is 1. The zero-order valence-corrected chi connectivity index (χ0v) is 14.5. The molecule has 1 aliphatic heterocycles. The predicted octanol–water partition coefficient (Wildman–Crippen LogP) is 4.45. The molecule has 0 fully saturated rings. The number of aromatic nitrogens is 1. The summed E-state index contributed by atoms with van der Waals surface area (Å²) in [6.45, 7) is 6.04. The van der Waals surface area contributed by atoms with E-state index in [-0.39, 0.29) is 23.9 Å². The van der Waals surface area contributed by atoms with Crippen molar-refractivity contribution in [1.82, 2.24) is 9.88 Å². The van der Waals surface area contributed by atoms with Crippen molar-refractivity contribution in [3.05, 3.63) is 65.9 Å². The van der Waals surface area contributed by atoms with Gasteiger partial charge in [-0.3, -0.25) is 4.79 Å². The van der Waals surface area contributed by atoms with Gasteiger partial charge < -0.3 is 9.64 Å². The Bertz CT molecular complexity index is 836. The molecule has 2 aromatic rings. The monoisotopic (exact) mass is 358 g/mol. The third kappa shape index (κ3) is 3.74. The number of fused-ring (bicyclic) bond motifs is 1. The molecule has 0 unspecified atom stereocenters. The predicted molar refractivity (Wildman–Crippen MR) is 94.3 cm³/mol. The second-order valence-electron chi connectivity index (χ2n) is 6.17. The van der Waals surface area contributed by atoms with Crippen LogP contribution in [0.3, 0.4) is 0 Å². The van der Waals surface area contributed by atoms with Crippen molar-refractivity contribution >= 4 is 5.91 Å². The maximum absolute atomic E-state index is 13.8. The molecular weight excluding hydrogens is 338 g/mol. The summed E-state index contributed by atoms with van der Waals surface area (Å²) in [5.41, 5.74) is 1.81. The molecule has 0 radical (unpaired) electrons. The lowest BCUT2D eigenvalue weighted by Crippen LogP contribution is -2.34. The molecule has 136 valence electrons. The van der Waals surface area contributed by atoms with Crippen LogP contribution in [-0.2, 0) is 23.7 Å². The van der Waals surface area contributed by atoms with Crippen molar-refractivity contribution in [1.29, 1.82) is 0 Å². The summed E-state index contributed by atoms with van der Waals surface area (Å²) in [5.74, 6) is -2.48. The van der Waals surface area contributed by atoms with Gasteiger partial charge in [0.2, 0.25) is 11.8 Å². The molecular formula is C20H20F2N2O2. The van der Waals surface area contributed by atoms with Gasteiger partial charge in [0.15, 0.2) is 0 Å². The van der Waals surface area contributed by atoms with Gasteiger partial charge in [0, 0.05) is 25.6 Å². The molecule has 1 amide bonds. The van der Waals surface area contributed by atoms with Crippen LogP contribution in [-0.4, -0.2) is 22.3 Å². The molecule has 0 N–H and O–H groups in total. The van der Waals surface area contributed by atoms with Gasteiger partial charge in [-0.25, -0.2) is 4.98 Å². The molecule has 6 heteroatoms. The van der Waals surface area contributed by atoms with E-state index in [9.17, 15) is 13.6 Å². The third-order valence-corrected chi connectivity index (χ3v) is 4.44. The van der Waals surface area contributed by atoms with E-state index >= 15 is 0 Å². The number of carbonyl (C=O) groups excluding carboxylic acids is 1. The highest BCUT2D eigenvalue weighted by molar-refractivity contribution is 5.87. The molecule has 0 aliphatic carbocycles. The molecule has 0 spiro atoms. The fourth-order valence-corrected chi connectivity index (χ4v) is 2.89. The van der Waals surface area contributed by atoms with Crippen molar-refractivity contribution < 1.29 is 18.3 Å². The maximum Gasteiger partial charge on any atom is 0.289 e. The average Bonchev–Trinajstić information content (AvgIpc) is 2.67.